The van der Waals surface area contributed by atoms with Crippen LogP contribution in [0.5, 0.6) is 11.5 Å². The van der Waals surface area contributed by atoms with Gasteiger partial charge in [0.05, 0.1) is 11.3 Å². The van der Waals surface area contributed by atoms with E-state index in [0.717, 1.165) is 24.3 Å². The van der Waals surface area contributed by atoms with E-state index >= 15 is 0 Å². The van der Waals surface area contributed by atoms with Gasteiger partial charge in [0, 0.05) is 23.4 Å². The van der Waals surface area contributed by atoms with Gasteiger partial charge in [-0.25, -0.2) is 17.5 Å². The lowest BCUT2D eigenvalue weighted by molar-refractivity contribution is -0.136. The number of amides is 1. The average Bonchev–Trinajstić information content (AvgIpc) is 2.90. The van der Waals surface area contributed by atoms with Crippen LogP contribution < -0.4 is 14.8 Å². The van der Waals surface area contributed by atoms with E-state index < -0.39 is 21.8 Å². The van der Waals surface area contributed by atoms with E-state index in [-0.39, 0.29) is 23.8 Å². The van der Waals surface area contributed by atoms with Crippen LogP contribution in [0.2, 0.25) is 0 Å². The largest absolute Gasteiger partial charge is 0.481 e. The topological polar surface area (TPSA) is 122 Å². The number of ether oxygens (including phenoxy) is 1. The number of rotatable bonds is 10. The summed E-state index contributed by atoms with van der Waals surface area (Å²) in [6, 6.07) is 24.4. The standard InChI is InChI=1S/C28H23FN2O6S/c29-22-7-13-25(14-8-22)38(35,36)30-18-21-16-19(17-27(32)33)6-15-26(21)37-24-11-9-23(10-12-24)31-28(34)20-4-2-1-3-5-20/h1-16,30H,17-18H2,(H,31,34)(H,32,33). The molecule has 4 aromatic carbocycles. The molecule has 0 aromatic heterocycles. The van der Waals surface area contributed by atoms with Gasteiger partial charge in [0.2, 0.25) is 10.0 Å². The van der Waals surface area contributed by atoms with Crippen LogP contribution in [0.1, 0.15) is 21.5 Å². The first-order chi connectivity index (χ1) is 18.2. The number of carbonyl (C=O) groups is 2. The predicted molar refractivity (Wildman–Crippen MR) is 139 cm³/mol. The van der Waals surface area contributed by atoms with E-state index in [1.54, 1.807) is 66.7 Å². The highest BCUT2D eigenvalue weighted by Crippen LogP contribution is 2.28. The Morgan fingerprint density at radius 3 is 2.21 bits per heavy atom. The number of anilines is 1. The van der Waals surface area contributed by atoms with E-state index in [2.05, 4.69) is 10.0 Å². The quantitative estimate of drug-likeness (QED) is 0.264. The molecule has 8 nitrogen and oxygen atoms in total. The Kier molecular flexibility index (Phi) is 8.15. The van der Waals surface area contributed by atoms with E-state index in [4.69, 9.17) is 9.84 Å². The van der Waals surface area contributed by atoms with Crippen LogP contribution in [0.25, 0.3) is 0 Å². The van der Waals surface area contributed by atoms with Gasteiger partial charge < -0.3 is 15.2 Å². The Morgan fingerprint density at radius 1 is 0.868 bits per heavy atom. The molecular weight excluding hydrogens is 511 g/mol. The summed E-state index contributed by atoms with van der Waals surface area (Å²) in [5, 5.41) is 11.9. The average molecular weight is 535 g/mol. The second-order valence-electron chi connectivity index (χ2n) is 8.24. The van der Waals surface area contributed by atoms with Gasteiger partial charge in [0.25, 0.3) is 5.91 Å². The fourth-order valence-corrected chi connectivity index (χ4v) is 4.56. The fourth-order valence-electron chi connectivity index (χ4n) is 3.55. The molecule has 0 unspecified atom stereocenters. The summed E-state index contributed by atoms with van der Waals surface area (Å²) in [4.78, 5) is 23.4. The molecule has 0 aliphatic carbocycles. The number of hydrogen-bond donors (Lipinski definition) is 3. The van der Waals surface area contributed by atoms with Gasteiger partial charge in [0.15, 0.2) is 0 Å². The molecule has 0 heterocycles. The number of sulfonamides is 1. The van der Waals surface area contributed by atoms with Crippen LogP contribution in [-0.4, -0.2) is 25.4 Å². The highest BCUT2D eigenvalue weighted by atomic mass is 32.2. The number of benzene rings is 4. The smallest absolute Gasteiger partial charge is 0.307 e. The lowest BCUT2D eigenvalue weighted by atomic mass is 10.1. The summed E-state index contributed by atoms with van der Waals surface area (Å²) in [5.41, 5.74) is 1.92. The van der Waals surface area contributed by atoms with E-state index in [1.807, 2.05) is 6.07 Å². The molecule has 10 heteroatoms. The zero-order chi connectivity index (χ0) is 27.1. The van der Waals surface area contributed by atoms with Crippen molar-refractivity contribution in [3.05, 3.63) is 120 Å². The first-order valence-corrected chi connectivity index (χ1v) is 12.9. The molecule has 0 radical (unpaired) electrons. The third-order valence-corrected chi connectivity index (χ3v) is 6.85. The zero-order valence-electron chi connectivity index (χ0n) is 19.9. The SMILES string of the molecule is O=C(O)Cc1ccc(Oc2ccc(NC(=O)c3ccccc3)cc2)c(CNS(=O)(=O)c2ccc(F)cc2)c1. The predicted octanol–water partition coefficient (Wildman–Crippen LogP) is 4.98. The molecule has 0 saturated heterocycles. The molecule has 0 spiro atoms. The van der Waals surface area contributed by atoms with Gasteiger partial charge in [-0.05, 0) is 72.3 Å². The number of aliphatic carboxylic acids is 1. The minimum atomic E-state index is -3.97. The molecule has 1 amide bonds. The van der Waals surface area contributed by atoms with Crippen LogP contribution in [0.15, 0.2) is 102 Å². The minimum absolute atomic E-state index is 0.115. The molecule has 0 fully saturated rings. The van der Waals surface area contributed by atoms with Crippen molar-refractivity contribution in [3.8, 4) is 11.5 Å². The summed E-state index contributed by atoms with van der Waals surface area (Å²) < 4.78 is 46.9. The molecule has 0 aliphatic rings. The first-order valence-electron chi connectivity index (χ1n) is 11.4. The Labute approximate surface area is 218 Å². The fraction of sp³-hybridized carbons (Fsp3) is 0.0714. The van der Waals surface area contributed by atoms with E-state index in [9.17, 15) is 22.4 Å². The van der Waals surface area contributed by atoms with Crippen molar-refractivity contribution >= 4 is 27.6 Å². The zero-order valence-corrected chi connectivity index (χ0v) is 20.7. The summed E-state index contributed by atoms with van der Waals surface area (Å²) in [5.74, 6) is -1.14. The second kappa shape index (κ2) is 11.7. The first kappa shape index (κ1) is 26.5. The Morgan fingerprint density at radius 2 is 1.55 bits per heavy atom. The third kappa shape index (κ3) is 7.02. The maximum Gasteiger partial charge on any atom is 0.307 e. The van der Waals surface area contributed by atoms with Crippen LogP contribution >= 0.6 is 0 Å². The Balaban J connectivity index is 1.51. The molecule has 38 heavy (non-hydrogen) atoms. The van der Waals surface area contributed by atoms with Gasteiger partial charge in [0.1, 0.15) is 17.3 Å². The molecule has 0 saturated carbocycles. The number of hydrogen-bond acceptors (Lipinski definition) is 5. The molecule has 194 valence electrons. The summed E-state index contributed by atoms with van der Waals surface area (Å²) >= 11 is 0. The number of carboxylic acid groups (broad SMARTS) is 1. The van der Waals surface area contributed by atoms with E-state index in [1.165, 1.54) is 0 Å². The van der Waals surface area contributed by atoms with Crippen molar-refractivity contribution in [3.63, 3.8) is 0 Å². The molecule has 0 atom stereocenters. The van der Waals surface area contributed by atoms with Gasteiger partial charge in [-0.2, -0.15) is 0 Å². The van der Waals surface area contributed by atoms with Crippen LogP contribution in [0.4, 0.5) is 10.1 Å². The molecule has 4 aromatic rings. The highest BCUT2D eigenvalue weighted by Gasteiger charge is 2.16. The molecule has 0 aliphatic heterocycles. The van der Waals surface area contributed by atoms with Gasteiger partial charge in [-0.15, -0.1) is 0 Å². The summed E-state index contributed by atoms with van der Waals surface area (Å²) in [6.07, 6.45) is -0.256. The third-order valence-electron chi connectivity index (χ3n) is 5.43. The van der Waals surface area contributed by atoms with Gasteiger partial charge >= 0.3 is 5.97 Å². The number of carboxylic acids is 1. The highest BCUT2D eigenvalue weighted by molar-refractivity contribution is 7.89. The monoisotopic (exact) mass is 534 g/mol. The van der Waals surface area contributed by atoms with Crippen molar-refractivity contribution in [1.82, 2.24) is 4.72 Å². The molecule has 0 bridgehead atoms. The Hall–Kier alpha value is -4.54. The lowest BCUT2D eigenvalue weighted by Crippen LogP contribution is -2.23. The van der Waals surface area contributed by atoms with Crippen molar-refractivity contribution in [2.24, 2.45) is 0 Å². The molecule has 4 rings (SSSR count). The number of carbonyl (C=O) groups excluding carboxylic acids is 1. The van der Waals surface area contributed by atoms with Crippen molar-refractivity contribution < 1.29 is 32.2 Å². The van der Waals surface area contributed by atoms with Gasteiger partial charge in [-0.3, -0.25) is 9.59 Å². The minimum Gasteiger partial charge on any atom is -0.481 e. The normalized spacial score (nSPS) is 11.1. The van der Waals surface area contributed by atoms with Gasteiger partial charge in [-0.1, -0.05) is 30.3 Å². The van der Waals surface area contributed by atoms with E-state index in [0.29, 0.717) is 33.9 Å². The summed E-state index contributed by atoms with van der Waals surface area (Å²) in [6.45, 7) is -0.201. The van der Waals surface area contributed by atoms with Crippen molar-refractivity contribution in [2.45, 2.75) is 17.9 Å². The molecule has 3 N–H and O–H groups in total. The van der Waals surface area contributed by atoms with Crippen LogP contribution in [0.3, 0.4) is 0 Å². The molecular formula is C28H23FN2O6S. The maximum atomic E-state index is 13.2. The van der Waals surface area contributed by atoms with Crippen molar-refractivity contribution in [2.75, 3.05) is 5.32 Å². The van der Waals surface area contributed by atoms with Crippen LogP contribution in [-0.2, 0) is 27.8 Å². The maximum absolute atomic E-state index is 13.2. The second-order valence-corrected chi connectivity index (χ2v) is 10.0. The summed E-state index contributed by atoms with van der Waals surface area (Å²) in [7, 11) is -3.97. The lowest BCUT2D eigenvalue weighted by Gasteiger charge is -2.14. The Bertz CT molecular complexity index is 1540. The van der Waals surface area contributed by atoms with Crippen LogP contribution in [0, 0.1) is 5.82 Å². The number of nitrogens with one attached hydrogen (secondary N) is 2. The van der Waals surface area contributed by atoms with Crippen molar-refractivity contribution in [1.29, 1.82) is 0 Å². The number of halogens is 1.